The fourth-order valence-electron chi connectivity index (χ4n) is 3.60. The van der Waals surface area contributed by atoms with E-state index in [0.29, 0.717) is 30.7 Å². The van der Waals surface area contributed by atoms with Crippen LogP contribution in [0.25, 0.3) is 22.3 Å². The van der Waals surface area contributed by atoms with Gasteiger partial charge in [0.1, 0.15) is 0 Å². The van der Waals surface area contributed by atoms with Crippen molar-refractivity contribution in [1.82, 2.24) is 20.4 Å². The van der Waals surface area contributed by atoms with Gasteiger partial charge in [0.2, 0.25) is 17.6 Å². The van der Waals surface area contributed by atoms with E-state index < -0.39 is 0 Å². The molecule has 4 rings (SSSR count). The number of aromatic amines is 1. The molecule has 7 nitrogen and oxygen atoms in total. The van der Waals surface area contributed by atoms with Gasteiger partial charge < -0.3 is 14.8 Å². The Hall–Kier alpha value is -3.74. The van der Waals surface area contributed by atoms with Crippen LogP contribution in [0.1, 0.15) is 48.4 Å². The molecular formula is C25H26N4O3. The van der Waals surface area contributed by atoms with E-state index in [2.05, 4.69) is 20.4 Å². The molecule has 0 saturated carbocycles. The first kappa shape index (κ1) is 21.5. The van der Waals surface area contributed by atoms with Gasteiger partial charge in [-0.2, -0.15) is 4.98 Å². The molecule has 2 aromatic heterocycles. The van der Waals surface area contributed by atoms with Crippen molar-refractivity contribution in [3.63, 3.8) is 0 Å². The normalized spacial score (nSPS) is 12.1. The first-order valence-electron chi connectivity index (χ1n) is 10.7. The lowest BCUT2D eigenvalue weighted by Crippen LogP contribution is -2.26. The number of aromatic nitrogens is 3. The number of nitrogens with zero attached hydrogens (tertiary/aromatic N) is 2. The molecule has 2 heterocycles. The van der Waals surface area contributed by atoms with E-state index >= 15 is 0 Å². The van der Waals surface area contributed by atoms with Gasteiger partial charge in [-0.05, 0) is 55.8 Å². The average molecular weight is 431 g/mol. The van der Waals surface area contributed by atoms with Crippen LogP contribution < -0.4 is 10.9 Å². The molecule has 0 aliphatic carbocycles. The Kier molecular flexibility index (Phi) is 6.16. The highest BCUT2D eigenvalue weighted by Crippen LogP contribution is 2.19. The molecule has 0 fully saturated rings. The Balaban J connectivity index is 1.34. The zero-order valence-electron chi connectivity index (χ0n) is 18.4. The highest BCUT2D eigenvalue weighted by atomic mass is 16.5. The van der Waals surface area contributed by atoms with Crippen molar-refractivity contribution in [2.75, 3.05) is 0 Å². The standard InChI is InChI=1S/C25H26N4O3/c1-15-7-10-18(11-8-15)17(3)26-22(30)5-4-6-23-28-24(29-32-23)20-14-19-12-9-16(2)13-21(19)27-25(20)31/h7-14,17H,4-6H2,1-3H3,(H,26,30)(H,27,31)/t17-/m1/s1. The highest BCUT2D eigenvalue weighted by Gasteiger charge is 2.14. The first-order valence-corrected chi connectivity index (χ1v) is 10.7. The lowest BCUT2D eigenvalue weighted by molar-refractivity contribution is -0.121. The molecule has 0 radical (unpaired) electrons. The number of aryl methyl sites for hydroxylation is 3. The first-order chi connectivity index (χ1) is 15.4. The summed E-state index contributed by atoms with van der Waals surface area (Å²) >= 11 is 0. The van der Waals surface area contributed by atoms with Crippen LogP contribution in [0.4, 0.5) is 0 Å². The van der Waals surface area contributed by atoms with Crippen LogP contribution in [0.5, 0.6) is 0 Å². The Morgan fingerprint density at radius 2 is 1.84 bits per heavy atom. The summed E-state index contributed by atoms with van der Waals surface area (Å²) in [6.45, 7) is 5.97. The molecule has 1 amide bonds. The number of fused-ring (bicyclic) bond motifs is 1. The smallest absolute Gasteiger partial charge is 0.259 e. The number of hydrogen-bond donors (Lipinski definition) is 2. The number of H-pyrrole nitrogens is 1. The second kappa shape index (κ2) is 9.18. The van der Waals surface area contributed by atoms with Crippen molar-refractivity contribution >= 4 is 16.8 Å². The topological polar surface area (TPSA) is 101 Å². The molecule has 0 unspecified atom stereocenters. The number of benzene rings is 2. The third-order valence-electron chi connectivity index (χ3n) is 5.46. The van der Waals surface area contributed by atoms with Crippen molar-refractivity contribution in [2.24, 2.45) is 0 Å². The van der Waals surface area contributed by atoms with Gasteiger partial charge in [0.25, 0.3) is 5.56 Å². The van der Waals surface area contributed by atoms with Crippen molar-refractivity contribution in [1.29, 1.82) is 0 Å². The van der Waals surface area contributed by atoms with Gasteiger partial charge in [0.05, 0.1) is 11.6 Å². The maximum atomic E-state index is 12.5. The van der Waals surface area contributed by atoms with Gasteiger partial charge >= 0.3 is 0 Å². The highest BCUT2D eigenvalue weighted by molar-refractivity contribution is 5.82. The summed E-state index contributed by atoms with van der Waals surface area (Å²) in [5.41, 5.74) is 4.20. The van der Waals surface area contributed by atoms with E-state index in [0.717, 1.165) is 22.0 Å². The summed E-state index contributed by atoms with van der Waals surface area (Å²) in [6, 6.07) is 15.7. The number of carbonyl (C=O) groups is 1. The summed E-state index contributed by atoms with van der Waals surface area (Å²) in [7, 11) is 0. The summed E-state index contributed by atoms with van der Waals surface area (Å²) in [5, 5.41) is 7.87. The van der Waals surface area contributed by atoms with Crippen LogP contribution in [-0.4, -0.2) is 21.0 Å². The van der Waals surface area contributed by atoms with Crippen molar-refractivity contribution in [3.8, 4) is 11.4 Å². The van der Waals surface area contributed by atoms with Crippen LogP contribution >= 0.6 is 0 Å². The SMILES string of the molecule is Cc1ccc([C@@H](C)NC(=O)CCCc2nc(-c3cc4ccc(C)cc4[nH]c3=O)no2)cc1. The minimum Gasteiger partial charge on any atom is -0.350 e. The number of pyridine rings is 1. The molecule has 0 aliphatic rings. The fraction of sp³-hybridized carbons (Fsp3) is 0.280. The lowest BCUT2D eigenvalue weighted by Gasteiger charge is -2.14. The Labute approximate surface area is 185 Å². The molecule has 0 spiro atoms. The monoisotopic (exact) mass is 430 g/mol. The van der Waals surface area contributed by atoms with Crippen LogP contribution in [0.15, 0.2) is 57.8 Å². The second-order valence-electron chi connectivity index (χ2n) is 8.17. The maximum absolute atomic E-state index is 12.5. The van der Waals surface area contributed by atoms with Gasteiger partial charge in [-0.3, -0.25) is 9.59 Å². The third kappa shape index (κ3) is 4.94. The zero-order chi connectivity index (χ0) is 22.7. The number of carbonyl (C=O) groups excluding carboxylic acids is 1. The van der Waals surface area contributed by atoms with E-state index in [4.69, 9.17) is 4.52 Å². The van der Waals surface area contributed by atoms with E-state index in [9.17, 15) is 9.59 Å². The second-order valence-corrected chi connectivity index (χ2v) is 8.17. The predicted molar refractivity (Wildman–Crippen MR) is 123 cm³/mol. The third-order valence-corrected chi connectivity index (χ3v) is 5.46. The summed E-state index contributed by atoms with van der Waals surface area (Å²) in [5.74, 6) is 0.628. The maximum Gasteiger partial charge on any atom is 0.259 e. The summed E-state index contributed by atoms with van der Waals surface area (Å²) < 4.78 is 5.30. The molecule has 0 aliphatic heterocycles. The molecule has 4 aromatic rings. The summed E-state index contributed by atoms with van der Waals surface area (Å²) in [4.78, 5) is 32.0. The van der Waals surface area contributed by atoms with Gasteiger partial charge in [-0.15, -0.1) is 0 Å². The predicted octanol–water partition coefficient (Wildman–Crippen LogP) is 4.40. The van der Waals surface area contributed by atoms with Crippen LogP contribution in [0.3, 0.4) is 0 Å². The van der Waals surface area contributed by atoms with Crippen molar-refractivity contribution in [3.05, 3.63) is 81.5 Å². The van der Waals surface area contributed by atoms with E-state index in [-0.39, 0.29) is 23.3 Å². The van der Waals surface area contributed by atoms with Gasteiger partial charge in [0.15, 0.2) is 0 Å². The molecule has 164 valence electrons. The molecular weight excluding hydrogens is 404 g/mol. The molecule has 7 heteroatoms. The lowest BCUT2D eigenvalue weighted by atomic mass is 10.1. The number of hydrogen-bond acceptors (Lipinski definition) is 5. The zero-order valence-corrected chi connectivity index (χ0v) is 18.4. The minimum atomic E-state index is -0.264. The van der Waals surface area contributed by atoms with Crippen LogP contribution in [-0.2, 0) is 11.2 Å². The van der Waals surface area contributed by atoms with Crippen LogP contribution in [0.2, 0.25) is 0 Å². The number of rotatable bonds is 7. The Morgan fingerprint density at radius 1 is 1.09 bits per heavy atom. The molecule has 32 heavy (non-hydrogen) atoms. The molecule has 2 N–H and O–H groups in total. The van der Waals surface area contributed by atoms with E-state index in [1.54, 1.807) is 6.07 Å². The van der Waals surface area contributed by atoms with Gasteiger partial charge in [-0.1, -0.05) is 47.1 Å². The average Bonchev–Trinajstić information content (AvgIpc) is 3.22. The molecule has 0 bridgehead atoms. The molecule has 1 atom stereocenters. The largest absolute Gasteiger partial charge is 0.350 e. The fourth-order valence-corrected chi connectivity index (χ4v) is 3.60. The van der Waals surface area contributed by atoms with E-state index in [1.807, 2.05) is 63.2 Å². The number of nitrogens with one attached hydrogen (secondary N) is 2. The van der Waals surface area contributed by atoms with Crippen molar-refractivity contribution in [2.45, 2.75) is 46.1 Å². The Morgan fingerprint density at radius 3 is 2.62 bits per heavy atom. The molecule has 2 aromatic carbocycles. The molecule has 0 saturated heterocycles. The Bertz CT molecular complexity index is 1310. The van der Waals surface area contributed by atoms with Gasteiger partial charge in [-0.25, -0.2) is 0 Å². The summed E-state index contributed by atoms with van der Waals surface area (Å²) in [6.07, 6.45) is 1.38. The van der Waals surface area contributed by atoms with Crippen LogP contribution in [0, 0.1) is 13.8 Å². The van der Waals surface area contributed by atoms with Crippen molar-refractivity contribution < 1.29 is 9.32 Å². The minimum absolute atomic E-state index is 0.0286. The number of amides is 1. The van der Waals surface area contributed by atoms with E-state index in [1.165, 1.54) is 5.56 Å². The van der Waals surface area contributed by atoms with Gasteiger partial charge in [0, 0.05) is 18.4 Å². The quantitative estimate of drug-likeness (QED) is 0.453.